The topological polar surface area (TPSA) is 191 Å². The maximum absolute atomic E-state index is 13.2. The van der Waals surface area contributed by atoms with Crippen molar-refractivity contribution < 1.29 is 81.8 Å². The number of hydrogen-bond acceptors (Lipinski definition) is 14. The number of carbonyl (C=O) groups is 5. The molecule has 0 spiro atoms. The fourth-order valence-electron chi connectivity index (χ4n) is 5.25. The number of carboxylic acids is 1. The summed E-state index contributed by atoms with van der Waals surface area (Å²) in [7, 11) is 7.40. The molecular formula is C36H43LiO13S2. The molecule has 3 atom stereocenters. The number of carboxylic acid groups (broad SMARTS) is 1. The Morgan fingerprint density at radius 1 is 0.673 bits per heavy atom. The molecule has 0 amide bonds. The zero-order chi connectivity index (χ0) is 37.1. The molecule has 0 fully saturated rings. The third-order valence-electron chi connectivity index (χ3n) is 8.01. The van der Waals surface area contributed by atoms with Gasteiger partial charge >= 0.3 is 36.8 Å². The fraction of sp³-hybridized carbons (Fsp3) is 0.417. The van der Waals surface area contributed by atoms with Crippen LogP contribution in [0.5, 0.6) is 23.0 Å². The molecule has 278 valence electrons. The molecule has 4 aromatic rings. The zero-order valence-corrected chi connectivity index (χ0v) is 32.4. The Morgan fingerprint density at radius 3 is 1.54 bits per heavy atom. The summed E-state index contributed by atoms with van der Waals surface area (Å²) < 4.78 is 32.6. The summed E-state index contributed by atoms with van der Waals surface area (Å²) in [6.45, 7) is 5.26. The molecule has 2 heterocycles. The zero-order valence-electron chi connectivity index (χ0n) is 30.7. The number of Topliss-reactive ketones (excluding diaryl/α,β-unsaturated/α-hetero) is 2. The Labute approximate surface area is 321 Å². The molecule has 0 radical (unpaired) electrons. The number of thiophene rings is 2. The number of carbonyl (C=O) groups excluding carboxylic acids is 4. The number of esters is 2. The van der Waals surface area contributed by atoms with Crippen LogP contribution in [0.25, 0.3) is 20.2 Å². The molecule has 0 aliphatic carbocycles. The molecule has 52 heavy (non-hydrogen) atoms. The van der Waals surface area contributed by atoms with Crippen LogP contribution in [0, 0.1) is 17.8 Å². The van der Waals surface area contributed by atoms with Crippen molar-refractivity contribution in [1.82, 2.24) is 0 Å². The van der Waals surface area contributed by atoms with Gasteiger partial charge in [0.15, 0.2) is 34.6 Å². The Hall–Kier alpha value is -4.13. The summed E-state index contributed by atoms with van der Waals surface area (Å²) in [4.78, 5) is 62.1. The number of hydrogen-bond donors (Lipinski definition) is 1. The quantitative estimate of drug-likeness (QED) is 0.0751. The van der Waals surface area contributed by atoms with Gasteiger partial charge in [-0.2, -0.15) is 0 Å². The number of fused-ring (bicyclic) bond motifs is 2. The molecule has 0 bridgehead atoms. The van der Waals surface area contributed by atoms with Crippen LogP contribution in [0.2, 0.25) is 0 Å². The van der Waals surface area contributed by atoms with E-state index in [-0.39, 0.29) is 49.6 Å². The second-order valence-corrected chi connectivity index (χ2v) is 13.1. The van der Waals surface area contributed by atoms with Gasteiger partial charge in [-0.25, -0.2) is 0 Å². The minimum absolute atomic E-state index is 0. The van der Waals surface area contributed by atoms with E-state index in [1.165, 1.54) is 44.0 Å². The average Bonchev–Trinajstić information content (AvgIpc) is 3.74. The summed E-state index contributed by atoms with van der Waals surface area (Å²) in [6.07, 6.45) is 0.731. The first-order chi connectivity index (χ1) is 23.9. The van der Waals surface area contributed by atoms with Crippen LogP contribution >= 0.6 is 22.7 Å². The van der Waals surface area contributed by atoms with Crippen LogP contribution in [-0.4, -0.2) is 82.2 Å². The van der Waals surface area contributed by atoms with E-state index in [9.17, 15) is 24.0 Å². The van der Waals surface area contributed by atoms with Gasteiger partial charge in [-0.05, 0) is 54.8 Å². The maximum Gasteiger partial charge on any atom is 1.00 e. The predicted octanol–water partition coefficient (Wildman–Crippen LogP) is 3.91. The monoisotopic (exact) mass is 754 g/mol. The molecule has 4 rings (SSSR count). The molecular weight excluding hydrogens is 711 g/mol. The molecule has 2 aromatic carbocycles. The predicted molar refractivity (Wildman–Crippen MR) is 192 cm³/mol. The molecule has 2 aromatic heterocycles. The van der Waals surface area contributed by atoms with E-state index in [4.69, 9.17) is 33.5 Å². The number of methoxy groups -OCH3 is 5. The summed E-state index contributed by atoms with van der Waals surface area (Å²) in [5.41, 5.74) is 0. The van der Waals surface area contributed by atoms with Crippen molar-refractivity contribution in [3.05, 3.63) is 46.2 Å². The molecule has 0 aliphatic rings. The number of aliphatic carboxylic acids is 1. The van der Waals surface area contributed by atoms with Crippen molar-refractivity contribution in [2.45, 2.75) is 40.0 Å². The van der Waals surface area contributed by atoms with Crippen molar-refractivity contribution in [1.29, 1.82) is 0 Å². The van der Waals surface area contributed by atoms with Crippen LogP contribution in [0.15, 0.2) is 36.4 Å². The van der Waals surface area contributed by atoms with Crippen LogP contribution in [0.1, 0.15) is 59.4 Å². The molecule has 16 heteroatoms. The van der Waals surface area contributed by atoms with E-state index in [0.29, 0.717) is 39.2 Å². The van der Waals surface area contributed by atoms with Crippen molar-refractivity contribution >= 4 is 72.3 Å². The number of ether oxygens (including phenoxy) is 6. The molecule has 13 nitrogen and oxygen atoms in total. The summed E-state index contributed by atoms with van der Waals surface area (Å²) in [6, 6.07) is 10.6. The van der Waals surface area contributed by atoms with E-state index in [0.717, 1.165) is 20.2 Å². The Bertz CT molecular complexity index is 1770. The van der Waals surface area contributed by atoms with E-state index in [1.807, 2.05) is 12.1 Å². The number of rotatable bonds is 16. The second kappa shape index (κ2) is 21.4. The SMILES string of the molecule is CCC(CC(=O)c1cc2cc(OC)c(OC)cc2s1)C(=O)O.CCOC(=O)C(C(=O)c1cc2cc(OC)c(OC)cc2s1)C(CC)C(=O)OC.[Li+].[OH-]. The normalized spacial score (nSPS) is 12.1. The second-order valence-electron chi connectivity index (χ2n) is 10.9. The minimum atomic E-state index is -1.26. The fourth-order valence-corrected chi connectivity index (χ4v) is 7.33. The van der Waals surface area contributed by atoms with Crippen molar-refractivity contribution in [2.75, 3.05) is 42.2 Å². The van der Waals surface area contributed by atoms with Crippen LogP contribution < -0.4 is 37.8 Å². The van der Waals surface area contributed by atoms with Gasteiger partial charge in [0.2, 0.25) is 0 Å². The van der Waals surface area contributed by atoms with Gasteiger partial charge in [0.1, 0.15) is 5.92 Å². The third-order valence-corrected chi connectivity index (χ3v) is 10.3. The van der Waals surface area contributed by atoms with Crippen molar-refractivity contribution in [2.24, 2.45) is 17.8 Å². The largest absolute Gasteiger partial charge is 1.00 e. The Morgan fingerprint density at radius 2 is 1.13 bits per heavy atom. The maximum atomic E-state index is 13.2. The third kappa shape index (κ3) is 10.7. The standard InChI is InChI=1S/C20H24O7S.C16H18O5S.Li.H2O/c1-6-12(19(22)26-5)17(20(23)27-7-2)18(21)16-9-11-8-13(24-3)14(25-4)10-15(11)28-16;1-4-9(16(18)19)5-11(17)15-7-10-6-12(20-2)13(21-3)8-14(10)22-15;;/h8-10,12,17H,6-7H2,1-5H3;6-9H,4-5H2,1-3H3,(H,18,19);;1H2/q;;+1;/p-1. The van der Waals surface area contributed by atoms with Crippen LogP contribution in [0.4, 0.5) is 0 Å². The van der Waals surface area contributed by atoms with E-state index >= 15 is 0 Å². The molecule has 0 aliphatic heterocycles. The molecule has 3 unspecified atom stereocenters. The van der Waals surface area contributed by atoms with Gasteiger partial charge in [-0.3, -0.25) is 24.0 Å². The van der Waals surface area contributed by atoms with Crippen LogP contribution in [-0.2, 0) is 23.9 Å². The first-order valence-electron chi connectivity index (χ1n) is 15.8. The minimum Gasteiger partial charge on any atom is -0.870 e. The first-order valence-corrected chi connectivity index (χ1v) is 17.4. The van der Waals surface area contributed by atoms with Gasteiger partial charge < -0.3 is 39.0 Å². The van der Waals surface area contributed by atoms with E-state index < -0.39 is 41.4 Å². The van der Waals surface area contributed by atoms with Crippen molar-refractivity contribution in [3.8, 4) is 23.0 Å². The Kier molecular flexibility index (Phi) is 18.9. The van der Waals surface area contributed by atoms with Gasteiger partial charge in [0.05, 0.1) is 63.7 Å². The number of ketones is 2. The average molecular weight is 755 g/mol. The number of benzene rings is 2. The smallest absolute Gasteiger partial charge is 0.870 e. The van der Waals surface area contributed by atoms with Gasteiger partial charge in [0, 0.05) is 28.0 Å². The summed E-state index contributed by atoms with van der Waals surface area (Å²) >= 11 is 2.56. The molecule has 0 saturated heterocycles. The Balaban J connectivity index is 0.000000513. The molecule has 2 N–H and O–H groups in total. The van der Waals surface area contributed by atoms with Crippen molar-refractivity contribution in [3.63, 3.8) is 0 Å². The summed E-state index contributed by atoms with van der Waals surface area (Å²) in [5, 5.41) is 10.7. The van der Waals surface area contributed by atoms with Gasteiger partial charge in [-0.1, -0.05) is 13.8 Å². The molecule has 0 saturated carbocycles. The van der Waals surface area contributed by atoms with Gasteiger partial charge in [-0.15, -0.1) is 22.7 Å². The van der Waals surface area contributed by atoms with Crippen LogP contribution in [0.3, 0.4) is 0 Å². The van der Waals surface area contributed by atoms with E-state index in [2.05, 4.69) is 0 Å². The van der Waals surface area contributed by atoms with Gasteiger partial charge in [0.25, 0.3) is 0 Å². The summed E-state index contributed by atoms with van der Waals surface area (Å²) in [5.74, 6) is -3.40. The first kappa shape index (κ1) is 45.9. The van der Waals surface area contributed by atoms with E-state index in [1.54, 1.807) is 59.3 Å².